The third-order valence-corrected chi connectivity index (χ3v) is 2.17. The summed E-state index contributed by atoms with van der Waals surface area (Å²) in [6.45, 7) is 4.04. The van der Waals surface area contributed by atoms with Crippen molar-refractivity contribution < 1.29 is 9.84 Å². The van der Waals surface area contributed by atoms with Gasteiger partial charge in [-0.1, -0.05) is 19.1 Å². The molecule has 3 heteroatoms. The second-order valence-corrected chi connectivity index (χ2v) is 3.31. The molecule has 0 saturated carbocycles. The van der Waals surface area contributed by atoms with Gasteiger partial charge in [0.2, 0.25) is 0 Å². The monoisotopic (exact) mass is 209 g/mol. The van der Waals surface area contributed by atoms with Crippen LogP contribution in [0.4, 0.5) is 5.69 Å². The molecule has 2 N–H and O–H groups in total. The summed E-state index contributed by atoms with van der Waals surface area (Å²) < 4.78 is 5.14. The lowest BCUT2D eigenvalue weighted by Gasteiger charge is -2.07. The lowest BCUT2D eigenvalue weighted by Crippen LogP contribution is -2.11. The van der Waals surface area contributed by atoms with E-state index in [-0.39, 0.29) is 6.61 Å². The number of aliphatic hydroxyl groups is 1. The van der Waals surface area contributed by atoms with Crippen LogP contribution in [0.3, 0.4) is 0 Å². The van der Waals surface area contributed by atoms with Gasteiger partial charge in [-0.15, -0.1) is 0 Å². The fraction of sp³-hybridized carbons (Fsp3) is 0.500. The first-order valence-electron chi connectivity index (χ1n) is 5.38. The average molecular weight is 209 g/mol. The molecule has 84 valence electrons. The van der Waals surface area contributed by atoms with Crippen molar-refractivity contribution in [3.63, 3.8) is 0 Å². The standard InChI is InChI=1S/C12H19NO2/c1-2-11-3-5-12(6-4-11)13-7-9-15-10-8-14/h3-6,13-14H,2,7-10H2,1H3. The van der Waals surface area contributed by atoms with Crippen molar-refractivity contribution in [1.82, 2.24) is 0 Å². The summed E-state index contributed by atoms with van der Waals surface area (Å²) in [5.41, 5.74) is 2.46. The molecule has 0 atom stereocenters. The zero-order valence-corrected chi connectivity index (χ0v) is 9.20. The van der Waals surface area contributed by atoms with E-state index in [2.05, 4.69) is 36.5 Å². The molecule has 0 fully saturated rings. The number of aliphatic hydroxyl groups excluding tert-OH is 1. The Bertz CT molecular complexity index is 259. The van der Waals surface area contributed by atoms with E-state index in [4.69, 9.17) is 9.84 Å². The van der Waals surface area contributed by atoms with Crippen molar-refractivity contribution in [3.05, 3.63) is 29.8 Å². The number of hydrogen-bond acceptors (Lipinski definition) is 3. The molecule has 0 aliphatic heterocycles. The van der Waals surface area contributed by atoms with Gasteiger partial charge < -0.3 is 15.2 Å². The SMILES string of the molecule is CCc1ccc(NCCOCCO)cc1. The molecule has 3 nitrogen and oxygen atoms in total. The molecule has 0 aromatic heterocycles. The topological polar surface area (TPSA) is 41.5 Å². The highest BCUT2D eigenvalue weighted by atomic mass is 16.5. The Labute approximate surface area is 91.1 Å². The summed E-state index contributed by atoms with van der Waals surface area (Å²) in [6, 6.07) is 8.39. The lowest BCUT2D eigenvalue weighted by molar-refractivity contribution is 0.0992. The van der Waals surface area contributed by atoms with Crippen LogP contribution in [0.5, 0.6) is 0 Å². The largest absolute Gasteiger partial charge is 0.394 e. The summed E-state index contributed by atoms with van der Waals surface area (Å²) in [4.78, 5) is 0. The Morgan fingerprint density at radius 1 is 1.20 bits per heavy atom. The number of anilines is 1. The van der Waals surface area contributed by atoms with Gasteiger partial charge in [-0.25, -0.2) is 0 Å². The third-order valence-electron chi connectivity index (χ3n) is 2.17. The summed E-state index contributed by atoms with van der Waals surface area (Å²) in [5, 5.41) is 11.7. The second kappa shape index (κ2) is 7.26. The first-order valence-corrected chi connectivity index (χ1v) is 5.38. The number of rotatable bonds is 7. The van der Waals surface area contributed by atoms with Crippen molar-refractivity contribution >= 4 is 5.69 Å². The van der Waals surface area contributed by atoms with Crippen LogP contribution < -0.4 is 5.32 Å². The number of benzene rings is 1. The molecule has 0 spiro atoms. The van der Waals surface area contributed by atoms with Crippen LogP contribution in [-0.2, 0) is 11.2 Å². The van der Waals surface area contributed by atoms with Crippen molar-refractivity contribution in [2.24, 2.45) is 0 Å². The summed E-state index contributed by atoms with van der Waals surface area (Å²) in [6.07, 6.45) is 1.07. The minimum Gasteiger partial charge on any atom is -0.394 e. The van der Waals surface area contributed by atoms with Gasteiger partial charge in [-0.3, -0.25) is 0 Å². The minimum absolute atomic E-state index is 0.0885. The third kappa shape index (κ3) is 4.81. The van der Waals surface area contributed by atoms with E-state index in [0.717, 1.165) is 18.7 Å². The van der Waals surface area contributed by atoms with Gasteiger partial charge >= 0.3 is 0 Å². The normalized spacial score (nSPS) is 10.3. The molecule has 0 heterocycles. The first kappa shape index (κ1) is 12.0. The van der Waals surface area contributed by atoms with Crippen LogP contribution in [0.15, 0.2) is 24.3 Å². The molecule has 1 aromatic rings. The quantitative estimate of drug-likeness (QED) is 0.671. The molecule has 1 aromatic carbocycles. The van der Waals surface area contributed by atoms with E-state index >= 15 is 0 Å². The van der Waals surface area contributed by atoms with Crippen LogP contribution >= 0.6 is 0 Å². The molecule has 1 rings (SSSR count). The lowest BCUT2D eigenvalue weighted by atomic mass is 10.1. The van der Waals surface area contributed by atoms with Gasteiger partial charge in [0.15, 0.2) is 0 Å². The van der Waals surface area contributed by atoms with Crippen LogP contribution in [0.2, 0.25) is 0 Å². The molecule has 0 radical (unpaired) electrons. The number of nitrogens with one attached hydrogen (secondary N) is 1. The molecule has 0 aliphatic carbocycles. The highest BCUT2D eigenvalue weighted by molar-refractivity contribution is 5.44. The van der Waals surface area contributed by atoms with Crippen molar-refractivity contribution in [2.75, 3.05) is 31.7 Å². The molecule has 0 unspecified atom stereocenters. The molecule has 15 heavy (non-hydrogen) atoms. The summed E-state index contributed by atoms with van der Waals surface area (Å²) in [5.74, 6) is 0. The minimum atomic E-state index is 0.0885. The Kier molecular flexibility index (Phi) is 5.81. The first-order chi connectivity index (χ1) is 7.36. The zero-order chi connectivity index (χ0) is 10.9. The van der Waals surface area contributed by atoms with E-state index in [0.29, 0.717) is 13.2 Å². The Morgan fingerprint density at radius 3 is 2.53 bits per heavy atom. The smallest absolute Gasteiger partial charge is 0.0698 e. The van der Waals surface area contributed by atoms with Gasteiger partial charge in [-0.2, -0.15) is 0 Å². The van der Waals surface area contributed by atoms with E-state index in [1.807, 2.05) is 0 Å². The van der Waals surface area contributed by atoms with Crippen LogP contribution in [0.1, 0.15) is 12.5 Å². The predicted molar refractivity (Wildman–Crippen MR) is 62.2 cm³/mol. The molecular weight excluding hydrogens is 190 g/mol. The maximum atomic E-state index is 8.49. The van der Waals surface area contributed by atoms with Crippen LogP contribution in [-0.4, -0.2) is 31.5 Å². The highest BCUT2D eigenvalue weighted by Gasteiger charge is 1.92. The molecule has 0 aliphatic rings. The van der Waals surface area contributed by atoms with E-state index in [1.54, 1.807) is 0 Å². The Hall–Kier alpha value is -1.06. The van der Waals surface area contributed by atoms with Crippen LogP contribution in [0, 0.1) is 0 Å². The number of hydrogen-bond donors (Lipinski definition) is 2. The summed E-state index contributed by atoms with van der Waals surface area (Å²) >= 11 is 0. The maximum absolute atomic E-state index is 8.49. The van der Waals surface area contributed by atoms with Crippen LogP contribution in [0.25, 0.3) is 0 Å². The molecule has 0 saturated heterocycles. The number of ether oxygens (including phenoxy) is 1. The molecule has 0 bridgehead atoms. The van der Waals surface area contributed by atoms with Crippen molar-refractivity contribution in [1.29, 1.82) is 0 Å². The van der Waals surface area contributed by atoms with Gasteiger partial charge in [0.1, 0.15) is 0 Å². The average Bonchev–Trinajstić information content (AvgIpc) is 2.30. The highest BCUT2D eigenvalue weighted by Crippen LogP contribution is 2.09. The van der Waals surface area contributed by atoms with Gasteiger partial charge in [0, 0.05) is 12.2 Å². The fourth-order valence-corrected chi connectivity index (χ4v) is 1.29. The van der Waals surface area contributed by atoms with E-state index in [9.17, 15) is 0 Å². The van der Waals surface area contributed by atoms with E-state index < -0.39 is 0 Å². The number of aryl methyl sites for hydroxylation is 1. The van der Waals surface area contributed by atoms with E-state index in [1.165, 1.54) is 5.56 Å². The predicted octanol–water partition coefficient (Wildman–Crippen LogP) is 1.67. The van der Waals surface area contributed by atoms with Crippen molar-refractivity contribution in [3.8, 4) is 0 Å². The van der Waals surface area contributed by atoms with Gasteiger partial charge in [-0.05, 0) is 24.1 Å². The summed E-state index contributed by atoms with van der Waals surface area (Å²) in [7, 11) is 0. The van der Waals surface area contributed by atoms with Gasteiger partial charge in [0.25, 0.3) is 0 Å². The Morgan fingerprint density at radius 2 is 1.93 bits per heavy atom. The maximum Gasteiger partial charge on any atom is 0.0698 e. The molecular formula is C12H19NO2. The van der Waals surface area contributed by atoms with Crippen molar-refractivity contribution in [2.45, 2.75) is 13.3 Å². The molecule has 0 amide bonds. The fourth-order valence-electron chi connectivity index (χ4n) is 1.29. The van der Waals surface area contributed by atoms with Gasteiger partial charge in [0.05, 0.1) is 19.8 Å². The zero-order valence-electron chi connectivity index (χ0n) is 9.20. The Balaban J connectivity index is 2.20. The second-order valence-electron chi connectivity index (χ2n) is 3.31.